The van der Waals surface area contributed by atoms with Crippen LogP contribution in [0, 0.1) is 11.2 Å². The normalized spacial score (nSPS) is 13.9. The SMILES string of the molecule is COCC(C)(C)Cn1cc([C@@H](C)N)c2cc(F)c(Br)cc21. The van der Waals surface area contributed by atoms with Gasteiger partial charge in [-0.3, -0.25) is 0 Å². The third-order valence-corrected chi connectivity index (χ3v) is 4.19. The second kappa shape index (κ2) is 6.07. The highest BCUT2D eigenvalue weighted by Crippen LogP contribution is 2.32. The fourth-order valence-corrected chi connectivity index (χ4v) is 3.03. The third kappa shape index (κ3) is 3.47. The van der Waals surface area contributed by atoms with Crippen LogP contribution in [0.15, 0.2) is 22.8 Å². The van der Waals surface area contributed by atoms with Gasteiger partial charge in [-0.05, 0) is 40.5 Å². The summed E-state index contributed by atoms with van der Waals surface area (Å²) >= 11 is 3.26. The van der Waals surface area contributed by atoms with Crippen molar-refractivity contribution in [3.63, 3.8) is 0 Å². The summed E-state index contributed by atoms with van der Waals surface area (Å²) in [4.78, 5) is 0. The fraction of sp³-hybridized carbons (Fsp3) is 0.500. The van der Waals surface area contributed by atoms with Crippen LogP contribution >= 0.6 is 15.9 Å². The van der Waals surface area contributed by atoms with Crippen LogP contribution in [0.1, 0.15) is 32.4 Å². The maximum Gasteiger partial charge on any atom is 0.138 e. The van der Waals surface area contributed by atoms with Gasteiger partial charge in [-0.1, -0.05) is 13.8 Å². The standard InChI is InChI=1S/C16H22BrFN2O/c1-10(19)12-7-20(8-16(2,3)9-21-4)15-6-13(17)14(18)5-11(12)15/h5-7,10H,8-9,19H2,1-4H3/t10-/m1/s1. The molecule has 2 rings (SSSR count). The number of hydrogen-bond donors (Lipinski definition) is 1. The van der Waals surface area contributed by atoms with Crippen molar-refractivity contribution in [1.29, 1.82) is 0 Å². The molecule has 0 aliphatic heterocycles. The van der Waals surface area contributed by atoms with Gasteiger partial charge in [-0.15, -0.1) is 0 Å². The molecule has 0 spiro atoms. The van der Waals surface area contributed by atoms with Gasteiger partial charge in [0.1, 0.15) is 5.82 Å². The molecular formula is C16H22BrFN2O. The lowest BCUT2D eigenvalue weighted by atomic mass is 9.95. The molecule has 0 saturated carbocycles. The zero-order valence-electron chi connectivity index (χ0n) is 12.9. The Morgan fingerprint density at radius 2 is 2.10 bits per heavy atom. The van der Waals surface area contributed by atoms with E-state index in [1.165, 1.54) is 0 Å². The molecule has 0 radical (unpaired) electrons. The zero-order valence-corrected chi connectivity index (χ0v) is 14.5. The minimum absolute atomic E-state index is 0.0172. The van der Waals surface area contributed by atoms with Crippen molar-refractivity contribution in [1.82, 2.24) is 4.57 Å². The molecule has 0 fully saturated rings. The topological polar surface area (TPSA) is 40.2 Å². The first kappa shape index (κ1) is 16.5. The monoisotopic (exact) mass is 356 g/mol. The third-order valence-electron chi connectivity index (χ3n) is 3.58. The Morgan fingerprint density at radius 1 is 1.43 bits per heavy atom. The van der Waals surface area contributed by atoms with Gasteiger partial charge in [-0.2, -0.15) is 0 Å². The van der Waals surface area contributed by atoms with Crippen LogP contribution in [0.2, 0.25) is 0 Å². The number of halogens is 2. The van der Waals surface area contributed by atoms with E-state index in [9.17, 15) is 4.39 Å². The van der Waals surface area contributed by atoms with Gasteiger partial charge < -0.3 is 15.0 Å². The Hall–Kier alpha value is -0.910. The van der Waals surface area contributed by atoms with E-state index in [1.807, 2.05) is 19.2 Å². The highest BCUT2D eigenvalue weighted by atomic mass is 79.9. The Labute approximate surface area is 133 Å². The molecule has 116 valence electrons. The number of hydrogen-bond acceptors (Lipinski definition) is 2. The zero-order chi connectivity index (χ0) is 15.8. The minimum atomic E-state index is -0.265. The molecule has 1 atom stereocenters. The molecule has 1 aromatic heterocycles. The number of nitrogens with two attached hydrogens (primary N) is 1. The smallest absolute Gasteiger partial charge is 0.138 e. The summed E-state index contributed by atoms with van der Waals surface area (Å²) in [7, 11) is 1.70. The van der Waals surface area contributed by atoms with E-state index < -0.39 is 0 Å². The molecule has 0 saturated heterocycles. The molecule has 1 aromatic carbocycles. The van der Waals surface area contributed by atoms with Crippen molar-refractivity contribution in [2.24, 2.45) is 11.1 Å². The number of aromatic nitrogens is 1. The molecule has 0 aliphatic carbocycles. The van der Waals surface area contributed by atoms with E-state index in [2.05, 4.69) is 34.3 Å². The van der Waals surface area contributed by atoms with Crippen LogP contribution in [-0.2, 0) is 11.3 Å². The lowest BCUT2D eigenvalue weighted by Crippen LogP contribution is -2.24. The summed E-state index contributed by atoms with van der Waals surface area (Å²) < 4.78 is 21.7. The maximum absolute atomic E-state index is 13.8. The first-order valence-electron chi connectivity index (χ1n) is 6.97. The molecule has 5 heteroatoms. The second-order valence-electron chi connectivity index (χ2n) is 6.38. The molecule has 1 heterocycles. The quantitative estimate of drug-likeness (QED) is 0.870. The Morgan fingerprint density at radius 3 is 2.67 bits per heavy atom. The van der Waals surface area contributed by atoms with Gasteiger partial charge >= 0.3 is 0 Å². The molecule has 21 heavy (non-hydrogen) atoms. The van der Waals surface area contributed by atoms with Crippen LogP contribution in [0.25, 0.3) is 10.9 Å². The van der Waals surface area contributed by atoms with Crippen molar-refractivity contribution in [3.8, 4) is 0 Å². The van der Waals surface area contributed by atoms with Gasteiger partial charge in [0, 0.05) is 42.2 Å². The van der Waals surface area contributed by atoms with Crippen LogP contribution in [0.5, 0.6) is 0 Å². The van der Waals surface area contributed by atoms with Crippen molar-refractivity contribution < 1.29 is 9.13 Å². The molecule has 2 aromatic rings. The van der Waals surface area contributed by atoms with Crippen LogP contribution < -0.4 is 5.73 Å². The van der Waals surface area contributed by atoms with E-state index in [0.717, 1.165) is 23.0 Å². The Bertz CT molecular complexity index is 649. The highest BCUT2D eigenvalue weighted by molar-refractivity contribution is 9.10. The van der Waals surface area contributed by atoms with Gasteiger partial charge in [-0.25, -0.2) is 4.39 Å². The van der Waals surface area contributed by atoms with Crippen LogP contribution in [-0.4, -0.2) is 18.3 Å². The molecule has 0 aliphatic rings. The molecule has 2 N–H and O–H groups in total. The number of rotatable bonds is 5. The number of fused-ring (bicyclic) bond motifs is 1. The summed E-state index contributed by atoms with van der Waals surface area (Å²) in [5, 5.41) is 0.874. The summed E-state index contributed by atoms with van der Waals surface area (Å²) in [5.41, 5.74) is 7.96. The van der Waals surface area contributed by atoms with E-state index in [0.29, 0.717) is 11.1 Å². The first-order valence-corrected chi connectivity index (χ1v) is 7.77. The van der Waals surface area contributed by atoms with Crippen LogP contribution in [0.3, 0.4) is 0 Å². The van der Waals surface area contributed by atoms with E-state index in [-0.39, 0.29) is 17.3 Å². The van der Waals surface area contributed by atoms with Crippen molar-refractivity contribution in [3.05, 3.63) is 34.2 Å². The molecular weight excluding hydrogens is 335 g/mol. The van der Waals surface area contributed by atoms with Gasteiger partial charge in [0.15, 0.2) is 0 Å². The molecule has 0 amide bonds. The largest absolute Gasteiger partial charge is 0.384 e. The van der Waals surface area contributed by atoms with E-state index in [4.69, 9.17) is 10.5 Å². The van der Waals surface area contributed by atoms with Gasteiger partial charge in [0.2, 0.25) is 0 Å². The summed E-state index contributed by atoms with van der Waals surface area (Å²) in [5.74, 6) is -0.265. The average molecular weight is 357 g/mol. The average Bonchev–Trinajstić information content (AvgIpc) is 2.68. The van der Waals surface area contributed by atoms with Gasteiger partial charge in [0.25, 0.3) is 0 Å². The number of nitrogens with zero attached hydrogens (tertiary/aromatic N) is 1. The highest BCUT2D eigenvalue weighted by Gasteiger charge is 2.22. The number of methoxy groups -OCH3 is 1. The Balaban J connectivity index is 2.56. The fourth-order valence-electron chi connectivity index (χ4n) is 2.70. The lowest BCUT2D eigenvalue weighted by molar-refractivity contribution is 0.0928. The maximum atomic E-state index is 13.8. The molecule has 0 bridgehead atoms. The Kier molecular flexibility index (Phi) is 4.76. The molecule has 0 unspecified atom stereocenters. The second-order valence-corrected chi connectivity index (χ2v) is 7.24. The van der Waals surface area contributed by atoms with E-state index >= 15 is 0 Å². The van der Waals surface area contributed by atoms with Crippen molar-refractivity contribution >= 4 is 26.8 Å². The van der Waals surface area contributed by atoms with E-state index in [1.54, 1.807) is 13.2 Å². The van der Waals surface area contributed by atoms with Gasteiger partial charge in [0.05, 0.1) is 11.1 Å². The lowest BCUT2D eigenvalue weighted by Gasteiger charge is -2.24. The van der Waals surface area contributed by atoms with Crippen molar-refractivity contribution in [2.75, 3.05) is 13.7 Å². The predicted molar refractivity (Wildman–Crippen MR) is 87.9 cm³/mol. The minimum Gasteiger partial charge on any atom is -0.384 e. The van der Waals surface area contributed by atoms with Crippen molar-refractivity contribution in [2.45, 2.75) is 33.4 Å². The van der Waals surface area contributed by atoms with Crippen LogP contribution in [0.4, 0.5) is 4.39 Å². The molecule has 3 nitrogen and oxygen atoms in total. The first-order chi connectivity index (χ1) is 9.75. The summed E-state index contributed by atoms with van der Waals surface area (Å²) in [6.07, 6.45) is 2.03. The number of benzene rings is 1. The number of ether oxygens (including phenoxy) is 1. The summed E-state index contributed by atoms with van der Waals surface area (Å²) in [6.45, 7) is 7.64. The summed E-state index contributed by atoms with van der Waals surface area (Å²) in [6, 6.07) is 3.23. The predicted octanol–water partition coefficient (Wildman–Crippen LogP) is 4.24.